The second-order valence-corrected chi connectivity index (χ2v) is 13.7. The molecule has 2 N–H and O–H groups in total. The summed E-state index contributed by atoms with van der Waals surface area (Å²) in [5, 5.41) is 13.3. The number of nitrogens with one attached hydrogen (secondary N) is 1. The number of carbonyl (C=O) groups is 3. The lowest BCUT2D eigenvalue weighted by atomic mass is 9.97. The Morgan fingerprint density at radius 1 is 0.952 bits per heavy atom. The molecule has 9 heteroatoms. The van der Waals surface area contributed by atoms with Crippen LogP contribution in [0.4, 0.5) is 4.79 Å². The Bertz CT molecular complexity index is 1400. The van der Waals surface area contributed by atoms with Gasteiger partial charge in [-0.05, 0) is 56.4 Å². The fraction of sp³-hybridized carbons (Fsp3) is 0.364. The molecule has 0 radical (unpaired) electrons. The van der Waals surface area contributed by atoms with Crippen LogP contribution in [0.5, 0.6) is 0 Å². The minimum atomic E-state index is -3.90. The average molecular weight is 592 g/mol. The summed E-state index contributed by atoms with van der Waals surface area (Å²) >= 11 is 0. The van der Waals surface area contributed by atoms with E-state index in [4.69, 9.17) is 4.52 Å². The quantitative estimate of drug-likeness (QED) is 0.187. The van der Waals surface area contributed by atoms with Gasteiger partial charge in [-0.15, -0.1) is 0 Å². The number of imide groups is 1. The zero-order valence-corrected chi connectivity index (χ0v) is 25.1. The van der Waals surface area contributed by atoms with Crippen LogP contribution in [0.15, 0.2) is 91.0 Å². The molecule has 1 heterocycles. The Kier molecular flexibility index (Phi) is 10.5. The molecule has 5 atom stereocenters. The van der Waals surface area contributed by atoms with E-state index in [0.29, 0.717) is 24.8 Å². The number of benzene rings is 3. The normalized spacial score (nSPS) is 22.1. The third-order valence-electron chi connectivity index (χ3n) is 8.19. The Morgan fingerprint density at radius 3 is 2.10 bits per heavy atom. The predicted octanol–water partition coefficient (Wildman–Crippen LogP) is 6.36. The molecule has 42 heavy (non-hydrogen) atoms. The number of quaternary nitrogens is 1. The van der Waals surface area contributed by atoms with Gasteiger partial charge < -0.3 is 14.9 Å². The van der Waals surface area contributed by atoms with E-state index in [1.807, 2.05) is 60.7 Å². The molecule has 0 aliphatic carbocycles. The van der Waals surface area contributed by atoms with E-state index < -0.39 is 47.7 Å². The molecular formula is C33H40N2O6P+. The van der Waals surface area contributed by atoms with Crippen LogP contribution in [-0.2, 0) is 26.7 Å². The first kappa shape index (κ1) is 31.4. The Balaban J connectivity index is 1.61. The fourth-order valence-electron chi connectivity index (χ4n) is 6.06. The van der Waals surface area contributed by atoms with Crippen molar-refractivity contribution >= 4 is 25.3 Å². The van der Waals surface area contributed by atoms with Crippen LogP contribution in [0.3, 0.4) is 0 Å². The van der Waals surface area contributed by atoms with Gasteiger partial charge in [-0.3, -0.25) is 9.36 Å². The maximum Gasteiger partial charge on any atom is 0.521 e. The van der Waals surface area contributed by atoms with E-state index in [1.54, 1.807) is 44.2 Å². The van der Waals surface area contributed by atoms with Crippen molar-refractivity contribution in [3.05, 3.63) is 108 Å². The monoisotopic (exact) mass is 591 g/mol. The van der Waals surface area contributed by atoms with E-state index in [-0.39, 0.29) is 25.5 Å². The van der Waals surface area contributed by atoms with Crippen LogP contribution in [-0.4, -0.2) is 58.6 Å². The molecule has 4 rings (SSSR count). The molecule has 3 amide bonds. The summed E-state index contributed by atoms with van der Waals surface area (Å²) in [5.41, 5.74) is 2.46. The van der Waals surface area contributed by atoms with Crippen molar-refractivity contribution in [3.63, 3.8) is 0 Å². The summed E-state index contributed by atoms with van der Waals surface area (Å²) in [6.45, 7) is 3.61. The summed E-state index contributed by atoms with van der Waals surface area (Å²) in [5.74, 6) is -2.09. The molecule has 0 spiro atoms. The van der Waals surface area contributed by atoms with Crippen molar-refractivity contribution in [2.24, 2.45) is 5.92 Å². The second kappa shape index (κ2) is 14.1. The minimum Gasteiger partial charge on any atom is -0.435 e. The number of carboxylic acid groups (broad SMARTS) is 1. The number of hydrogen-bond acceptors (Lipinski definition) is 5. The molecule has 1 aliphatic rings. The molecule has 4 unspecified atom stereocenters. The summed E-state index contributed by atoms with van der Waals surface area (Å²) in [7, 11) is -3.90. The molecular weight excluding hydrogens is 551 g/mol. The molecule has 0 bridgehead atoms. The van der Waals surface area contributed by atoms with Crippen LogP contribution in [0, 0.1) is 5.92 Å². The highest BCUT2D eigenvalue weighted by Gasteiger charge is 2.58. The molecule has 1 aliphatic heterocycles. The molecule has 1 fully saturated rings. The molecule has 0 aromatic heterocycles. The lowest BCUT2D eigenvalue weighted by molar-refractivity contribution is -0.792. The van der Waals surface area contributed by atoms with Crippen molar-refractivity contribution in [1.82, 2.24) is 5.32 Å². The van der Waals surface area contributed by atoms with Gasteiger partial charge in [0.05, 0.1) is 13.2 Å². The highest BCUT2D eigenvalue weighted by Crippen LogP contribution is 2.53. The first-order chi connectivity index (χ1) is 20.2. The summed E-state index contributed by atoms with van der Waals surface area (Å²) < 4.78 is 19.7. The third kappa shape index (κ3) is 7.24. The van der Waals surface area contributed by atoms with Gasteiger partial charge >= 0.3 is 12.0 Å². The van der Waals surface area contributed by atoms with Gasteiger partial charge in [0.2, 0.25) is 7.37 Å². The highest BCUT2D eigenvalue weighted by molar-refractivity contribution is 7.60. The van der Waals surface area contributed by atoms with Gasteiger partial charge in [0.25, 0.3) is 5.91 Å². The highest BCUT2D eigenvalue weighted by atomic mass is 31.2. The van der Waals surface area contributed by atoms with Crippen molar-refractivity contribution in [1.29, 1.82) is 0 Å². The molecule has 0 saturated carbocycles. The van der Waals surface area contributed by atoms with Crippen LogP contribution in [0.1, 0.15) is 48.2 Å². The SMILES string of the molecule is CCOP(=O)(CC(=O)[N@+]1(C(=O)O)CC(Cc2ccccc2)CC1C)C(CCc1ccccc1)NC(=O)c1ccccc1. The van der Waals surface area contributed by atoms with Crippen LogP contribution in [0.2, 0.25) is 0 Å². The maximum atomic E-state index is 14.7. The second-order valence-electron chi connectivity index (χ2n) is 11.0. The lowest BCUT2D eigenvalue weighted by Crippen LogP contribution is -2.60. The van der Waals surface area contributed by atoms with E-state index >= 15 is 0 Å². The number of likely N-dealkylation sites (tertiary alicyclic amines) is 1. The van der Waals surface area contributed by atoms with Crippen molar-refractivity contribution < 1.29 is 33.1 Å². The summed E-state index contributed by atoms with van der Waals surface area (Å²) in [4.78, 5) is 40.1. The largest absolute Gasteiger partial charge is 0.521 e. The lowest BCUT2D eigenvalue weighted by Gasteiger charge is -2.33. The zero-order chi connectivity index (χ0) is 30.2. The summed E-state index contributed by atoms with van der Waals surface area (Å²) in [6, 6.07) is 27.5. The van der Waals surface area contributed by atoms with Crippen LogP contribution < -0.4 is 5.32 Å². The number of carbonyl (C=O) groups excluding carboxylic acids is 2. The van der Waals surface area contributed by atoms with Crippen molar-refractivity contribution in [2.45, 2.75) is 51.4 Å². The van der Waals surface area contributed by atoms with E-state index in [9.17, 15) is 24.1 Å². The van der Waals surface area contributed by atoms with Crippen LogP contribution >= 0.6 is 7.37 Å². The number of amides is 3. The van der Waals surface area contributed by atoms with Gasteiger partial charge in [-0.2, -0.15) is 9.28 Å². The van der Waals surface area contributed by atoms with Gasteiger partial charge in [-0.25, -0.2) is 4.79 Å². The predicted molar refractivity (Wildman–Crippen MR) is 162 cm³/mol. The molecule has 3 aromatic carbocycles. The first-order valence-electron chi connectivity index (χ1n) is 14.5. The number of nitrogens with zero attached hydrogens (tertiary/aromatic N) is 1. The van der Waals surface area contributed by atoms with Gasteiger partial charge in [0, 0.05) is 17.9 Å². The Morgan fingerprint density at radius 2 is 1.52 bits per heavy atom. The van der Waals surface area contributed by atoms with Gasteiger partial charge in [0.15, 0.2) is 0 Å². The summed E-state index contributed by atoms with van der Waals surface area (Å²) in [6.07, 6.45) is 0.118. The maximum absolute atomic E-state index is 14.7. The number of aryl methyl sites for hydroxylation is 1. The third-order valence-corrected chi connectivity index (χ3v) is 10.9. The smallest absolute Gasteiger partial charge is 0.435 e. The number of rotatable bonds is 12. The molecule has 222 valence electrons. The van der Waals surface area contributed by atoms with E-state index in [0.717, 1.165) is 11.1 Å². The van der Waals surface area contributed by atoms with Gasteiger partial charge in [-0.1, -0.05) is 78.9 Å². The van der Waals surface area contributed by atoms with E-state index in [2.05, 4.69) is 5.32 Å². The van der Waals surface area contributed by atoms with Crippen molar-refractivity contribution in [3.8, 4) is 0 Å². The Hall–Kier alpha value is -3.58. The van der Waals surface area contributed by atoms with Gasteiger partial charge in [0.1, 0.15) is 18.0 Å². The minimum absolute atomic E-state index is 0.0272. The Labute approximate surface area is 247 Å². The first-order valence-corrected chi connectivity index (χ1v) is 16.4. The average Bonchev–Trinajstić information content (AvgIpc) is 3.33. The number of hydrogen-bond donors (Lipinski definition) is 2. The van der Waals surface area contributed by atoms with Crippen LogP contribution in [0.25, 0.3) is 0 Å². The van der Waals surface area contributed by atoms with Crippen molar-refractivity contribution in [2.75, 3.05) is 19.3 Å². The topological polar surface area (TPSA) is 110 Å². The fourth-order valence-corrected chi connectivity index (χ4v) is 8.45. The standard InChI is InChI=1S/C33H39N2O6P/c1-3-41-42(40,30(20-19-26-13-7-4-8-14-26)34-32(37)29-17-11-6-12-18-29)24-31(36)35(33(38)39)23-28(21-25(35)2)22-27-15-9-5-10-16-27/h4-18,25,28,30H,3,19-24H2,1-2H3,(H-,34,37,38,39)/p+1/t25?,28?,30?,35-,42?/m0/s1. The molecule has 8 nitrogen and oxygen atoms in total. The molecule has 3 aromatic rings. The zero-order valence-electron chi connectivity index (χ0n) is 24.2. The van der Waals surface area contributed by atoms with E-state index in [1.165, 1.54) is 0 Å². The molecule has 1 saturated heterocycles.